The Hall–Kier alpha value is -3.78. The summed E-state index contributed by atoms with van der Waals surface area (Å²) < 4.78 is 84.0. The van der Waals surface area contributed by atoms with Gasteiger partial charge in [0.15, 0.2) is 5.78 Å². The van der Waals surface area contributed by atoms with Crippen LogP contribution in [0.3, 0.4) is 0 Å². The zero-order valence-electron chi connectivity index (χ0n) is 18.8. The van der Waals surface area contributed by atoms with E-state index in [1.807, 2.05) is 0 Å². The van der Waals surface area contributed by atoms with Crippen molar-refractivity contribution < 1.29 is 35.2 Å². The summed E-state index contributed by atoms with van der Waals surface area (Å²) in [5.41, 5.74) is 1.16. The lowest BCUT2D eigenvalue weighted by atomic mass is 9.98. The fourth-order valence-corrected chi connectivity index (χ4v) is 5.53. The minimum absolute atomic E-state index is 0.0258. The van der Waals surface area contributed by atoms with Crippen molar-refractivity contribution in [3.63, 3.8) is 0 Å². The number of Topliss-reactive ketones (excluding diaryl/α,β-unsaturated/α-hetero) is 1. The number of fused-ring (bicyclic) bond motifs is 1. The van der Waals surface area contributed by atoms with E-state index < -0.39 is 33.9 Å². The molecule has 0 bridgehead atoms. The number of aromatic nitrogens is 4. The third-order valence-corrected chi connectivity index (χ3v) is 7.68. The molecular formula is C23H17F4N5O4S. The molecule has 1 fully saturated rings. The molecule has 1 atom stereocenters. The molecule has 5 rings (SSSR count). The number of nitrogens with zero attached hydrogens (tertiary/aromatic N) is 5. The molecule has 1 aliphatic rings. The first-order valence-corrected chi connectivity index (χ1v) is 12.4. The van der Waals surface area contributed by atoms with E-state index in [1.54, 1.807) is 0 Å². The molecule has 0 aliphatic carbocycles. The fraction of sp³-hybridized carbons (Fsp3) is 0.261. The Bertz CT molecular complexity index is 1590. The first-order valence-electron chi connectivity index (χ1n) is 11.0. The maximum atomic E-state index is 13.4. The number of aryl methyl sites for hydroxylation is 1. The van der Waals surface area contributed by atoms with Crippen LogP contribution in [0.25, 0.3) is 22.2 Å². The zero-order chi connectivity index (χ0) is 26.4. The number of halogens is 4. The molecule has 4 heterocycles. The van der Waals surface area contributed by atoms with Crippen molar-refractivity contribution in [3.05, 3.63) is 66.4 Å². The third-order valence-electron chi connectivity index (χ3n) is 5.91. The van der Waals surface area contributed by atoms with Crippen LogP contribution in [0.2, 0.25) is 0 Å². The lowest BCUT2D eigenvalue weighted by molar-refractivity contribution is -0.145. The van der Waals surface area contributed by atoms with Gasteiger partial charge in [0.25, 0.3) is 10.0 Å². The van der Waals surface area contributed by atoms with Gasteiger partial charge in [0.2, 0.25) is 10.9 Å². The summed E-state index contributed by atoms with van der Waals surface area (Å²) in [6.07, 6.45) is -0.997. The predicted octanol–water partition coefficient (Wildman–Crippen LogP) is 3.80. The Labute approximate surface area is 207 Å². The molecular weight excluding hydrogens is 518 g/mol. The molecule has 0 unspecified atom stereocenters. The number of sulfonamides is 1. The second-order valence-electron chi connectivity index (χ2n) is 8.32. The summed E-state index contributed by atoms with van der Waals surface area (Å²) in [4.78, 5) is 27.5. The van der Waals surface area contributed by atoms with Gasteiger partial charge in [-0.1, -0.05) is 0 Å². The number of furan rings is 1. The molecule has 0 spiro atoms. The Morgan fingerprint density at radius 3 is 2.51 bits per heavy atom. The van der Waals surface area contributed by atoms with Gasteiger partial charge in [-0.25, -0.2) is 32.7 Å². The molecule has 1 aliphatic heterocycles. The van der Waals surface area contributed by atoms with E-state index in [9.17, 15) is 30.8 Å². The Balaban J connectivity index is 1.25. The normalized spacial score (nSPS) is 16.6. The van der Waals surface area contributed by atoms with Crippen LogP contribution >= 0.6 is 0 Å². The molecule has 0 N–H and O–H groups in total. The number of hydrogen-bond donors (Lipinski definition) is 0. The highest BCUT2D eigenvalue weighted by Crippen LogP contribution is 2.32. The topological polar surface area (TPSA) is 119 Å². The van der Waals surface area contributed by atoms with Crippen LogP contribution in [-0.2, 0) is 27.4 Å². The van der Waals surface area contributed by atoms with E-state index in [0.717, 1.165) is 28.8 Å². The molecule has 3 aromatic heterocycles. The molecule has 1 aromatic carbocycles. The minimum atomic E-state index is -4.67. The van der Waals surface area contributed by atoms with E-state index in [4.69, 9.17) is 4.42 Å². The van der Waals surface area contributed by atoms with Crippen LogP contribution in [0.5, 0.6) is 0 Å². The standard InChI is InChI=1S/C23H17F4N5O4S/c24-15-1-4-20-13(7-15)8-21(36-20)37(34,35)32-6-5-18(32)19(33)3-2-16-9-17(31-12-30-16)14-10-28-22(29-11-14)23(25,26)27/h1,4,7-12,18H,2-3,5-6H2/t18-/m0/s1. The lowest BCUT2D eigenvalue weighted by Crippen LogP contribution is -2.54. The largest absolute Gasteiger partial charge is 0.451 e. The average molecular weight is 535 g/mol. The van der Waals surface area contributed by atoms with Crippen molar-refractivity contribution in [2.75, 3.05) is 6.54 Å². The maximum absolute atomic E-state index is 13.4. The molecule has 1 saturated heterocycles. The van der Waals surface area contributed by atoms with Crippen LogP contribution in [0.15, 0.2) is 58.6 Å². The van der Waals surface area contributed by atoms with Crippen molar-refractivity contribution in [1.29, 1.82) is 0 Å². The van der Waals surface area contributed by atoms with E-state index in [-0.39, 0.29) is 47.1 Å². The van der Waals surface area contributed by atoms with Crippen molar-refractivity contribution >= 4 is 26.8 Å². The quantitative estimate of drug-likeness (QED) is 0.328. The molecule has 0 amide bonds. The van der Waals surface area contributed by atoms with Gasteiger partial charge in [0.05, 0.1) is 11.7 Å². The van der Waals surface area contributed by atoms with Crippen LogP contribution in [0, 0.1) is 5.82 Å². The summed E-state index contributed by atoms with van der Waals surface area (Å²) in [6, 6.07) is 5.49. The number of benzene rings is 1. The third kappa shape index (κ3) is 4.93. The fourth-order valence-electron chi connectivity index (χ4n) is 3.92. The van der Waals surface area contributed by atoms with Gasteiger partial charge >= 0.3 is 6.18 Å². The van der Waals surface area contributed by atoms with Crippen molar-refractivity contribution in [2.24, 2.45) is 0 Å². The number of alkyl halides is 3. The molecule has 37 heavy (non-hydrogen) atoms. The number of rotatable bonds is 7. The number of carbonyl (C=O) groups is 1. The second kappa shape index (κ2) is 9.27. The summed E-state index contributed by atoms with van der Waals surface area (Å²) in [5.74, 6) is -2.13. The summed E-state index contributed by atoms with van der Waals surface area (Å²) in [6.45, 7) is 0.135. The predicted molar refractivity (Wildman–Crippen MR) is 120 cm³/mol. The van der Waals surface area contributed by atoms with E-state index >= 15 is 0 Å². The SMILES string of the molecule is O=C(CCc1cc(-c2cnc(C(F)(F)F)nc2)ncn1)[C@@H]1CCN1S(=O)(=O)c1cc2cc(F)ccc2o1. The Morgan fingerprint density at radius 2 is 1.84 bits per heavy atom. The monoisotopic (exact) mass is 535 g/mol. The smallest absolute Gasteiger partial charge is 0.443 e. The molecule has 14 heteroatoms. The van der Waals surface area contributed by atoms with Gasteiger partial charge in [-0.3, -0.25) is 4.79 Å². The first kappa shape index (κ1) is 24.9. The molecule has 0 saturated carbocycles. The number of carbonyl (C=O) groups excluding carboxylic acids is 1. The van der Waals surface area contributed by atoms with Gasteiger partial charge < -0.3 is 4.42 Å². The average Bonchev–Trinajstić information content (AvgIpc) is 3.26. The van der Waals surface area contributed by atoms with Crippen molar-refractivity contribution in [3.8, 4) is 11.3 Å². The first-order chi connectivity index (χ1) is 17.5. The highest BCUT2D eigenvalue weighted by Gasteiger charge is 2.43. The molecule has 4 aromatic rings. The van der Waals surface area contributed by atoms with Crippen LogP contribution in [0.1, 0.15) is 24.4 Å². The van der Waals surface area contributed by atoms with Crippen LogP contribution < -0.4 is 0 Å². The van der Waals surface area contributed by atoms with Gasteiger partial charge in [0.1, 0.15) is 17.7 Å². The van der Waals surface area contributed by atoms with Crippen molar-refractivity contribution in [2.45, 2.75) is 36.6 Å². The van der Waals surface area contributed by atoms with E-state index in [2.05, 4.69) is 19.9 Å². The van der Waals surface area contributed by atoms with Crippen LogP contribution in [0.4, 0.5) is 17.6 Å². The van der Waals surface area contributed by atoms with Crippen LogP contribution in [-0.4, -0.2) is 51.0 Å². The maximum Gasteiger partial charge on any atom is 0.451 e. The Kier molecular flexibility index (Phi) is 6.23. The van der Waals surface area contributed by atoms with E-state index in [1.165, 1.54) is 24.5 Å². The number of hydrogen-bond acceptors (Lipinski definition) is 8. The minimum Gasteiger partial charge on any atom is -0.443 e. The van der Waals surface area contributed by atoms with Gasteiger partial charge in [-0.05, 0) is 37.1 Å². The van der Waals surface area contributed by atoms with Crippen molar-refractivity contribution in [1.82, 2.24) is 24.2 Å². The number of ketones is 1. The summed E-state index contributed by atoms with van der Waals surface area (Å²) in [7, 11) is -4.11. The van der Waals surface area contributed by atoms with Gasteiger partial charge in [0, 0.05) is 48.1 Å². The van der Waals surface area contributed by atoms with Gasteiger partial charge in [-0.2, -0.15) is 17.5 Å². The molecule has 9 nitrogen and oxygen atoms in total. The summed E-state index contributed by atoms with van der Waals surface area (Å²) >= 11 is 0. The van der Waals surface area contributed by atoms with Gasteiger partial charge in [-0.15, -0.1) is 0 Å². The highest BCUT2D eigenvalue weighted by molar-refractivity contribution is 7.89. The highest BCUT2D eigenvalue weighted by atomic mass is 32.2. The van der Waals surface area contributed by atoms with E-state index in [0.29, 0.717) is 17.5 Å². The lowest BCUT2D eigenvalue weighted by Gasteiger charge is -2.37. The second-order valence-corrected chi connectivity index (χ2v) is 10.1. The molecule has 0 radical (unpaired) electrons. The zero-order valence-corrected chi connectivity index (χ0v) is 19.6. The summed E-state index contributed by atoms with van der Waals surface area (Å²) in [5, 5.41) is -0.0789. The Morgan fingerprint density at radius 1 is 1.08 bits per heavy atom. The molecule has 192 valence electrons.